The zero-order chi connectivity index (χ0) is 22.1. The van der Waals surface area contributed by atoms with Crippen LogP contribution < -0.4 is 5.14 Å². The van der Waals surface area contributed by atoms with E-state index in [4.69, 9.17) is 9.88 Å². The van der Waals surface area contributed by atoms with Gasteiger partial charge in [-0.25, -0.2) is 18.4 Å². The van der Waals surface area contributed by atoms with Gasteiger partial charge in [0.05, 0.1) is 10.5 Å². The highest BCUT2D eigenvalue weighted by Gasteiger charge is 2.19. The van der Waals surface area contributed by atoms with Crippen molar-refractivity contribution in [1.82, 2.24) is 4.57 Å². The number of carbonyl (C=O) groups excluding carboxylic acids is 2. The van der Waals surface area contributed by atoms with Gasteiger partial charge in [0.15, 0.2) is 6.61 Å². The lowest BCUT2D eigenvalue weighted by Crippen LogP contribution is -2.15. The fourth-order valence-electron chi connectivity index (χ4n) is 3.14. The molecule has 0 radical (unpaired) electrons. The standard InChI is InChI=1S/C21H19BrN2O5S/c1-13-11-18(20(25)12-29-21(26)17-5-3-4-6-19(17)22)14(2)24(13)15-7-9-16(10-8-15)30(23,27)28/h3-11H,12H2,1-2H3,(H2,23,27,28). The van der Waals surface area contributed by atoms with Crippen molar-refractivity contribution < 1.29 is 22.7 Å². The Labute approximate surface area is 182 Å². The smallest absolute Gasteiger partial charge is 0.339 e. The molecule has 9 heteroatoms. The van der Waals surface area contributed by atoms with E-state index >= 15 is 0 Å². The largest absolute Gasteiger partial charge is 0.454 e. The molecule has 0 saturated carbocycles. The monoisotopic (exact) mass is 490 g/mol. The summed E-state index contributed by atoms with van der Waals surface area (Å²) in [5, 5.41) is 5.13. The molecule has 0 amide bonds. The van der Waals surface area contributed by atoms with E-state index in [1.165, 1.54) is 12.1 Å². The molecule has 3 aromatic rings. The number of nitrogens with zero attached hydrogens (tertiary/aromatic N) is 1. The Hall–Kier alpha value is -2.75. The van der Waals surface area contributed by atoms with Crippen molar-refractivity contribution in [2.24, 2.45) is 5.14 Å². The van der Waals surface area contributed by atoms with Crippen LogP contribution in [-0.4, -0.2) is 31.3 Å². The number of nitrogens with two attached hydrogens (primary N) is 1. The number of rotatable bonds is 6. The molecule has 0 spiro atoms. The number of sulfonamides is 1. The molecule has 2 aromatic carbocycles. The topological polar surface area (TPSA) is 108 Å². The van der Waals surface area contributed by atoms with E-state index in [-0.39, 0.29) is 10.7 Å². The van der Waals surface area contributed by atoms with Gasteiger partial charge >= 0.3 is 5.97 Å². The molecular formula is C21H19BrN2O5S. The van der Waals surface area contributed by atoms with Crippen LogP contribution >= 0.6 is 15.9 Å². The summed E-state index contributed by atoms with van der Waals surface area (Å²) >= 11 is 3.28. The number of hydrogen-bond donors (Lipinski definition) is 1. The highest BCUT2D eigenvalue weighted by molar-refractivity contribution is 9.10. The van der Waals surface area contributed by atoms with Crippen LogP contribution in [0.5, 0.6) is 0 Å². The maximum absolute atomic E-state index is 12.7. The lowest BCUT2D eigenvalue weighted by atomic mass is 10.1. The summed E-state index contributed by atoms with van der Waals surface area (Å²) in [6, 6.07) is 14.5. The van der Waals surface area contributed by atoms with Gasteiger partial charge in [-0.2, -0.15) is 0 Å². The molecule has 0 bridgehead atoms. The van der Waals surface area contributed by atoms with Crippen LogP contribution in [0.1, 0.15) is 32.1 Å². The summed E-state index contributed by atoms with van der Waals surface area (Å²) in [6.07, 6.45) is 0. The van der Waals surface area contributed by atoms with Crippen molar-refractivity contribution in [3.63, 3.8) is 0 Å². The number of benzene rings is 2. The van der Waals surface area contributed by atoms with Crippen LogP contribution in [-0.2, 0) is 14.8 Å². The summed E-state index contributed by atoms with van der Waals surface area (Å²) in [4.78, 5) is 24.9. The van der Waals surface area contributed by atoms with Gasteiger partial charge in [0.25, 0.3) is 0 Å². The first-order chi connectivity index (χ1) is 14.1. The molecule has 30 heavy (non-hydrogen) atoms. The summed E-state index contributed by atoms with van der Waals surface area (Å²) in [7, 11) is -3.79. The molecule has 0 fully saturated rings. The number of halogens is 1. The fourth-order valence-corrected chi connectivity index (χ4v) is 4.10. The molecule has 0 atom stereocenters. The molecule has 1 aromatic heterocycles. The van der Waals surface area contributed by atoms with Gasteiger partial charge in [-0.1, -0.05) is 12.1 Å². The van der Waals surface area contributed by atoms with Gasteiger partial charge in [0.1, 0.15) is 0 Å². The second kappa shape index (κ2) is 8.55. The van der Waals surface area contributed by atoms with E-state index in [0.717, 1.165) is 5.69 Å². The Balaban J connectivity index is 1.80. The number of aryl methyl sites for hydroxylation is 1. The minimum absolute atomic E-state index is 0.00370. The number of hydrogen-bond acceptors (Lipinski definition) is 5. The first-order valence-corrected chi connectivity index (χ1v) is 11.2. The Kier molecular flexibility index (Phi) is 6.25. The zero-order valence-corrected chi connectivity index (χ0v) is 18.7. The molecular weight excluding hydrogens is 472 g/mol. The maximum atomic E-state index is 12.7. The molecule has 0 aliphatic rings. The van der Waals surface area contributed by atoms with Crippen molar-refractivity contribution in [2.75, 3.05) is 6.61 Å². The normalized spacial score (nSPS) is 11.3. The molecule has 0 saturated heterocycles. The minimum atomic E-state index is -3.79. The molecule has 1 heterocycles. The van der Waals surface area contributed by atoms with Crippen LogP contribution in [0.25, 0.3) is 5.69 Å². The van der Waals surface area contributed by atoms with Gasteiger partial charge in [-0.15, -0.1) is 0 Å². The van der Waals surface area contributed by atoms with E-state index in [9.17, 15) is 18.0 Å². The SMILES string of the molecule is Cc1cc(C(=O)COC(=O)c2ccccc2Br)c(C)n1-c1ccc(S(N)(=O)=O)cc1. The van der Waals surface area contributed by atoms with Crippen LogP contribution in [0.2, 0.25) is 0 Å². The van der Waals surface area contributed by atoms with Crippen molar-refractivity contribution >= 4 is 37.7 Å². The quantitative estimate of drug-likeness (QED) is 0.419. The van der Waals surface area contributed by atoms with E-state index < -0.39 is 22.6 Å². The molecule has 7 nitrogen and oxygen atoms in total. The summed E-state index contributed by atoms with van der Waals surface area (Å²) < 4.78 is 30.5. The third-order valence-electron chi connectivity index (χ3n) is 4.58. The van der Waals surface area contributed by atoms with Crippen LogP contribution in [0.4, 0.5) is 0 Å². The first-order valence-electron chi connectivity index (χ1n) is 8.86. The molecule has 0 aliphatic carbocycles. The summed E-state index contributed by atoms with van der Waals surface area (Å²) in [5.74, 6) is -0.931. The molecule has 3 rings (SSSR count). The predicted molar refractivity (Wildman–Crippen MR) is 115 cm³/mol. The number of ketones is 1. The van der Waals surface area contributed by atoms with E-state index in [2.05, 4.69) is 15.9 Å². The molecule has 0 unspecified atom stereocenters. The second-order valence-corrected chi connectivity index (χ2v) is 9.05. The Morgan fingerprint density at radius 2 is 1.67 bits per heavy atom. The van der Waals surface area contributed by atoms with Crippen molar-refractivity contribution in [3.8, 4) is 5.69 Å². The minimum Gasteiger partial charge on any atom is -0.454 e. The van der Waals surface area contributed by atoms with Gasteiger partial charge in [0, 0.05) is 27.1 Å². The summed E-state index contributed by atoms with van der Waals surface area (Å²) in [6.45, 7) is 3.20. The summed E-state index contributed by atoms with van der Waals surface area (Å²) in [5.41, 5.74) is 2.87. The van der Waals surface area contributed by atoms with E-state index in [0.29, 0.717) is 27.0 Å². The molecule has 0 aliphatic heterocycles. The van der Waals surface area contributed by atoms with Gasteiger partial charge < -0.3 is 9.30 Å². The lowest BCUT2D eigenvalue weighted by molar-refractivity contribution is 0.0473. The van der Waals surface area contributed by atoms with Crippen molar-refractivity contribution in [3.05, 3.63) is 81.6 Å². The fraction of sp³-hybridized carbons (Fsp3) is 0.143. The Morgan fingerprint density at radius 1 is 1.03 bits per heavy atom. The van der Waals surface area contributed by atoms with Crippen LogP contribution in [0, 0.1) is 13.8 Å². The van der Waals surface area contributed by atoms with Gasteiger partial charge in [-0.3, -0.25) is 4.79 Å². The van der Waals surface area contributed by atoms with Gasteiger partial charge in [-0.05, 0) is 72.2 Å². The van der Waals surface area contributed by atoms with Crippen molar-refractivity contribution in [2.45, 2.75) is 18.7 Å². The average molecular weight is 491 g/mol. The van der Waals surface area contributed by atoms with Gasteiger partial charge in [0.2, 0.25) is 15.8 Å². The highest BCUT2D eigenvalue weighted by Crippen LogP contribution is 2.23. The number of primary sulfonamides is 1. The zero-order valence-electron chi connectivity index (χ0n) is 16.3. The number of carbonyl (C=O) groups is 2. The third kappa shape index (κ3) is 4.53. The van der Waals surface area contributed by atoms with Crippen LogP contribution in [0.3, 0.4) is 0 Å². The predicted octanol–water partition coefficient (Wildman–Crippen LogP) is 3.54. The second-order valence-electron chi connectivity index (χ2n) is 6.64. The number of ether oxygens (including phenoxy) is 1. The van der Waals surface area contributed by atoms with Crippen LogP contribution in [0.15, 0.2) is 64.0 Å². The molecule has 2 N–H and O–H groups in total. The van der Waals surface area contributed by atoms with E-state index in [1.807, 2.05) is 11.5 Å². The Morgan fingerprint density at radius 3 is 2.27 bits per heavy atom. The number of esters is 1. The highest BCUT2D eigenvalue weighted by atomic mass is 79.9. The average Bonchev–Trinajstić information content (AvgIpc) is 3.00. The third-order valence-corrected chi connectivity index (χ3v) is 6.20. The Bertz CT molecular complexity index is 1230. The lowest BCUT2D eigenvalue weighted by Gasteiger charge is -2.11. The maximum Gasteiger partial charge on any atom is 0.339 e. The number of Topliss-reactive ketones (excluding diaryl/α,β-unsaturated/α-hetero) is 1. The van der Waals surface area contributed by atoms with E-state index in [1.54, 1.807) is 49.4 Å². The molecule has 156 valence electrons. The van der Waals surface area contributed by atoms with Crippen molar-refractivity contribution in [1.29, 1.82) is 0 Å². The number of aromatic nitrogens is 1. The first kappa shape index (κ1) is 21.9.